The third kappa shape index (κ3) is 69.5. The highest BCUT2D eigenvalue weighted by Crippen LogP contribution is 2.45. The number of phosphoric ester groups is 2. The number of hydrogen-bond donors (Lipinski definition) is 3. The van der Waals surface area contributed by atoms with Gasteiger partial charge in [-0.25, -0.2) is 9.13 Å². The van der Waals surface area contributed by atoms with E-state index < -0.39 is 97.5 Å². The first kappa shape index (κ1) is 93.0. The zero-order valence-electron chi connectivity index (χ0n) is 61.3. The third-order valence-electron chi connectivity index (χ3n) is 16.8. The van der Waals surface area contributed by atoms with E-state index in [4.69, 9.17) is 37.0 Å². The number of esters is 4. The van der Waals surface area contributed by atoms with Crippen molar-refractivity contribution in [1.82, 2.24) is 0 Å². The van der Waals surface area contributed by atoms with Crippen molar-refractivity contribution in [2.24, 2.45) is 0 Å². The van der Waals surface area contributed by atoms with Crippen molar-refractivity contribution in [2.45, 2.75) is 380 Å². The number of ether oxygens (including phenoxy) is 4. The highest BCUT2D eigenvalue weighted by molar-refractivity contribution is 7.47. The van der Waals surface area contributed by atoms with Crippen LogP contribution in [0, 0.1) is 0 Å². The average Bonchev–Trinajstić information content (AvgIpc) is 1.36. The maximum absolute atomic E-state index is 13.1. The molecule has 0 bridgehead atoms. The molecule has 562 valence electrons. The molecule has 19 heteroatoms. The molecule has 0 aliphatic heterocycles. The van der Waals surface area contributed by atoms with E-state index in [1.54, 1.807) is 0 Å². The third-order valence-corrected chi connectivity index (χ3v) is 18.7. The first-order valence-corrected chi connectivity index (χ1v) is 41.9. The number of rotatable bonds is 74. The lowest BCUT2D eigenvalue weighted by atomic mass is 10.0. The Morgan fingerprint density at radius 1 is 0.292 bits per heavy atom. The van der Waals surface area contributed by atoms with Crippen LogP contribution in [-0.2, 0) is 65.4 Å². The van der Waals surface area contributed by atoms with Crippen LogP contribution in [-0.4, -0.2) is 96.7 Å². The van der Waals surface area contributed by atoms with Crippen LogP contribution in [0.3, 0.4) is 0 Å². The highest BCUT2D eigenvalue weighted by atomic mass is 31.2. The Morgan fingerprint density at radius 2 is 0.510 bits per heavy atom. The maximum atomic E-state index is 13.1. The lowest BCUT2D eigenvalue weighted by molar-refractivity contribution is -0.161. The Morgan fingerprint density at radius 3 is 0.812 bits per heavy atom. The second-order valence-corrected chi connectivity index (χ2v) is 29.2. The molecule has 0 spiro atoms. The van der Waals surface area contributed by atoms with Crippen molar-refractivity contribution in [1.29, 1.82) is 0 Å². The Hall–Kier alpha value is -2.98. The van der Waals surface area contributed by atoms with E-state index in [1.165, 1.54) is 135 Å². The van der Waals surface area contributed by atoms with Gasteiger partial charge in [-0.3, -0.25) is 37.3 Å². The molecular weight excluding hydrogens is 1260 g/mol. The average molecular weight is 1400 g/mol. The minimum Gasteiger partial charge on any atom is -0.462 e. The van der Waals surface area contributed by atoms with Crippen LogP contribution in [0.5, 0.6) is 0 Å². The maximum Gasteiger partial charge on any atom is 0.472 e. The Balaban J connectivity index is 5.33. The van der Waals surface area contributed by atoms with Crippen LogP contribution in [0.15, 0.2) is 48.6 Å². The summed E-state index contributed by atoms with van der Waals surface area (Å²) >= 11 is 0. The van der Waals surface area contributed by atoms with Crippen LogP contribution >= 0.6 is 15.6 Å². The van der Waals surface area contributed by atoms with Crippen LogP contribution in [0.2, 0.25) is 0 Å². The fourth-order valence-corrected chi connectivity index (χ4v) is 12.3. The molecule has 0 aromatic rings. The molecule has 0 aliphatic rings. The standard InChI is InChI=1S/C77H142O17P2/c1-5-9-13-17-21-25-29-33-35-39-42-46-50-54-58-62-75(80)88-68-73(94-77(82)64-60-56-52-48-44-40-36-34-30-26-22-18-14-10-6-2)70-92-96(85,86)90-66-71(78)65-89-95(83,84)91-69-72(93-76(81)63-59-55-51-47-43-38-32-28-24-20-16-12-8-4)67-87-74(79)61-57-53-49-45-41-37-31-27-23-19-15-11-7-3/h21,25,27,31,33-36,71-73,78H,5-20,22-24,26,28-30,32,37-70H2,1-4H3,(H,83,84)(H,85,86)/b25-21-,31-27-,35-33-,36-34-/t71-,72-,73-/m1/s1. The summed E-state index contributed by atoms with van der Waals surface area (Å²) in [6.45, 7) is 4.86. The van der Waals surface area contributed by atoms with Gasteiger partial charge < -0.3 is 33.8 Å². The summed E-state index contributed by atoms with van der Waals surface area (Å²) in [5, 5.41) is 10.6. The Kier molecular flexibility index (Phi) is 68.3. The first-order chi connectivity index (χ1) is 46.7. The Labute approximate surface area is 585 Å². The highest BCUT2D eigenvalue weighted by Gasteiger charge is 2.30. The topological polar surface area (TPSA) is 237 Å². The molecule has 0 fully saturated rings. The fraction of sp³-hybridized carbons (Fsp3) is 0.844. The summed E-state index contributed by atoms with van der Waals surface area (Å²) in [5.74, 6) is -2.17. The molecule has 5 atom stereocenters. The van der Waals surface area contributed by atoms with E-state index >= 15 is 0 Å². The summed E-state index contributed by atoms with van der Waals surface area (Å²) in [7, 11) is -9.94. The van der Waals surface area contributed by atoms with Crippen molar-refractivity contribution in [3.63, 3.8) is 0 Å². The molecule has 0 rings (SSSR count). The van der Waals surface area contributed by atoms with Gasteiger partial charge in [0.1, 0.15) is 19.3 Å². The molecular formula is C77H142O17P2. The largest absolute Gasteiger partial charge is 0.472 e. The van der Waals surface area contributed by atoms with Crippen LogP contribution in [0.1, 0.15) is 362 Å². The van der Waals surface area contributed by atoms with Crippen LogP contribution in [0.25, 0.3) is 0 Å². The van der Waals surface area contributed by atoms with Gasteiger partial charge in [0, 0.05) is 25.7 Å². The molecule has 0 saturated carbocycles. The van der Waals surface area contributed by atoms with Crippen molar-refractivity contribution < 1.29 is 80.2 Å². The van der Waals surface area contributed by atoms with Gasteiger partial charge in [0.25, 0.3) is 0 Å². The zero-order chi connectivity index (χ0) is 70.4. The monoisotopic (exact) mass is 1400 g/mol. The van der Waals surface area contributed by atoms with Gasteiger partial charge in [0.05, 0.1) is 26.4 Å². The predicted molar refractivity (Wildman–Crippen MR) is 390 cm³/mol. The lowest BCUT2D eigenvalue weighted by Gasteiger charge is -2.21. The molecule has 17 nitrogen and oxygen atoms in total. The van der Waals surface area contributed by atoms with Crippen molar-refractivity contribution >= 4 is 39.5 Å². The summed E-state index contributed by atoms with van der Waals surface area (Å²) < 4.78 is 68.5. The van der Waals surface area contributed by atoms with Gasteiger partial charge in [0.15, 0.2) is 12.2 Å². The van der Waals surface area contributed by atoms with Crippen molar-refractivity contribution in [3.05, 3.63) is 48.6 Å². The minimum atomic E-state index is -4.97. The van der Waals surface area contributed by atoms with E-state index in [2.05, 4.69) is 76.3 Å². The van der Waals surface area contributed by atoms with Crippen LogP contribution < -0.4 is 0 Å². The zero-order valence-corrected chi connectivity index (χ0v) is 63.1. The molecule has 0 saturated heterocycles. The first-order valence-electron chi connectivity index (χ1n) is 38.9. The van der Waals surface area contributed by atoms with Gasteiger partial charge in [-0.1, -0.05) is 275 Å². The second-order valence-electron chi connectivity index (χ2n) is 26.3. The van der Waals surface area contributed by atoms with Gasteiger partial charge in [0.2, 0.25) is 0 Å². The molecule has 0 aliphatic carbocycles. The van der Waals surface area contributed by atoms with Crippen molar-refractivity contribution in [2.75, 3.05) is 39.6 Å². The number of aliphatic hydroxyl groups is 1. The molecule has 0 amide bonds. The smallest absolute Gasteiger partial charge is 0.462 e. The summed E-state index contributed by atoms with van der Waals surface area (Å²) in [5.41, 5.74) is 0. The summed E-state index contributed by atoms with van der Waals surface area (Å²) in [6, 6.07) is 0. The molecule has 0 aromatic heterocycles. The molecule has 96 heavy (non-hydrogen) atoms. The fourth-order valence-electron chi connectivity index (χ4n) is 10.8. The van der Waals surface area contributed by atoms with Crippen LogP contribution in [0.4, 0.5) is 0 Å². The molecule has 0 radical (unpaired) electrons. The number of unbranched alkanes of at least 4 members (excludes halogenated alkanes) is 40. The quantitative estimate of drug-likeness (QED) is 0.0169. The summed E-state index contributed by atoms with van der Waals surface area (Å²) in [6.07, 6.45) is 66.6. The van der Waals surface area contributed by atoms with Gasteiger partial charge in [-0.05, 0) is 109 Å². The van der Waals surface area contributed by atoms with Gasteiger partial charge in [-0.15, -0.1) is 0 Å². The second kappa shape index (κ2) is 70.5. The van der Waals surface area contributed by atoms with E-state index in [0.717, 1.165) is 148 Å². The van der Waals surface area contributed by atoms with Crippen molar-refractivity contribution in [3.8, 4) is 0 Å². The predicted octanol–water partition coefficient (Wildman–Crippen LogP) is 22.1. The molecule has 2 unspecified atom stereocenters. The van der Waals surface area contributed by atoms with Gasteiger partial charge in [-0.2, -0.15) is 0 Å². The number of hydrogen-bond acceptors (Lipinski definition) is 15. The molecule has 0 heterocycles. The Bertz CT molecular complexity index is 2010. The number of aliphatic hydroxyl groups excluding tert-OH is 1. The molecule has 3 N–H and O–H groups in total. The van der Waals surface area contributed by atoms with Gasteiger partial charge >= 0.3 is 39.5 Å². The summed E-state index contributed by atoms with van der Waals surface area (Å²) in [4.78, 5) is 72.8. The van der Waals surface area contributed by atoms with E-state index in [0.29, 0.717) is 25.7 Å². The minimum absolute atomic E-state index is 0.0868. The number of allylic oxidation sites excluding steroid dienone is 8. The number of phosphoric acid groups is 2. The van der Waals surface area contributed by atoms with E-state index in [9.17, 15) is 43.2 Å². The SMILES string of the molecule is CCCCC/C=C\C/C=C\CCCCCCCC(=O)OC[C@H](COP(=O)(O)OC[C@H](O)COP(=O)(O)OC[C@@H](COC(=O)CCCCCCC/C=C\CCCCCC)OC(=O)CCCCCCCCCCCCCCC)OC(=O)CCCCCCC/C=C\CCCCCCCC. The lowest BCUT2D eigenvalue weighted by Crippen LogP contribution is -2.30. The number of carbonyl (C=O) groups excluding carboxylic acids is 4. The van der Waals surface area contributed by atoms with E-state index in [-0.39, 0.29) is 25.7 Å². The number of carbonyl (C=O) groups is 4. The van der Waals surface area contributed by atoms with E-state index in [1.807, 2.05) is 0 Å². The normalized spacial score (nSPS) is 14.2. The molecule has 0 aromatic carbocycles.